The maximum absolute atomic E-state index is 11.8. The molecule has 8 nitrogen and oxygen atoms in total. The van der Waals surface area contributed by atoms with Crippen LogP contribution in [0, 0.1) is 0 Å². The fourth-order valence-electron chi connectivity index (χ4n) is 2.02. The first-order valence-corrected chi connectivity index (χ1v) is 7.36. The van der Waals surface area contributed by atoms with Crippen LogP contribution in [-0.4, -0.2) is 37.4 Å². The normalized spacial score (nSPS) is 10.7. The highest BCUT2D eigenvalue weighted by Crippen LogP contribution is 2.18. The number of imidazole rings is 1. The number of carbonyl (C=O) groups excluding carboxylic acids is 1. The molecule has 9 heteroatoms. The second-order valence-corrected chi connectivity index (χ2v) is 5.10. The van der Waals surface area contributed by atoms with Crippen molar-refractivity contribution < 1.29 is 4.79 Å². The van der Waals surface area contributed by atoms with Gasteiger partial charge in [-0.1, -0.05) is 6.07 Å². The number of hydrogen-bond acceptors (Lipinski definition) is 6. The Hall–Kier alpha value is -2.74. The van der Waals surface area contributed by atoms with E-state index in [4.69, 9.17) is 11.6 Å². The Labute approximate surface area is 136 Å². The minimum atomic E-state index is -0.0673. The van der Waals surface area contributed by atoms with Gasteiger partial charge in [0.2, 0.25) is 11.2 Å². The van der Waals surface area contributed by atoms with E-state index in [-0.39, 0.29) is 11.2 Å². The van der Waals surface area contributed by atoms with Crippen molar-refractivity contribution in [2.45, 2.75) is 13.0 Å². The van der Waals surface area contributed by atoms with Gasteiger partial charge in [0.15, 0.2) is 11.5 Å². The summed E-state index contributed by atoms with van der Waals surface area (Å²) in [7, 11) is 0. The van der Waals surface area contributed by atoms with Crippen molar-refractivity contribution in [2.24, 2.45) is 0 Å². The number of nitrogens with one attached hydrogen (secondary N) is 3. The summed E-state index contributed by atoms with van der Waals surface area (Å²) >= 11 is 5.84. The molecular weight excluding hydrogens is 318 g/mol. The standard InChI is InChI=1S/C14H14ClN7O/c15-14-21-12(11-13(22-14)20-8-19-11)17-5-3-10(23)18-7-9-2-1-4-16-6-9/h1-2,4,6,8H,3,5,7H2,(H,18,23)(H2,17,19,20,21,22). The summed E-state index contributed by atoms with van der Waals surface area (Å²) in [6, 6.07) is 3.74. The number of amides is 1. The molecule has 118 valence electrons. The van der Waals surface area contributed by atoms with Crippen LogP contribution in [0.2, 0.25) is 5.28 Å². The molecule has 3 aromatic rings. The van der Waals surface area contributed by atoms with Crippen LogP contribution in [0.3, 0.4) is 0 Å². The number of aromatic amines is 1. The molecule has 0 aromatic carbocycles. The van der Waals surface area contributed by atoms with Gasteiger partial charge in [0, 0.05) is 31.9 Å². The van der Waals surface area contributed by atoms with Crippen molar-refractivity contribution >= 4 is 34.5 Å². The van der Waals surface area contributed by atoms with Gasteiger partial charge in [0.1, 0.15) is 5.52 Å². The largest absolute Gasteiger partial charge is 0.368 e. The smallest absolute Gasteiger partial charge is 0.226 e. The van der Waals surface area contributed by atoms with E-state index in [0.717, 1.165) is 5.56 Å². The maximum atomic E-state index is 11.8. The fraction of sp³-hybridized carbons (Fsp3) is 0.214. The lowest BCUT2D eigenvalue weighted by Crippen LogP contribution is -2.25. The van der Waals surface area contributed by atoms with Gasteiger partial charge in [-0.2, -0.15) is 9.97 Å². The molecule has 0 saturated heterocycles. The molecule has 3 aromatic heterocycles. The molecule has 3 rings (SSSR count). The van der Waals surface area contributed by atoms with Crippen molar-refractivity contribution in [3.63, 3.8) is 0 Å². The average molecular weight is 332 g/mol. The predicted octanol–water partition coefficient (Wildman–Crippen LogP) is 1.52. The Kier molecular flexibility index (Phi) is 4.62. The van der Waals surface area contributed by atoms with Crippen LogP contribution >= 0.6 is 11.6 Å². The number of rotatable bonds is 6. The van der Waals surface area contributed by atoms with E-state index >= 15 is 0 Å². The first kappa shape index (κ1) is 15.2. The Morgan fingerprint density at radius 2 is 2.26 bits per heavy atom. The summed E-state index contributed by atoms with van der Waals surface area (Å²) in [5.74, 6) is 0.458. The molecule has 0 radical (unpaired) electrons. The molecule has 0 spiro atoms. The van der Waals surface area contributed by atoms with Crippen LogP contribution in [0.5, 0.6) is 0 Å². The van der Waals surface area contributed by atoms with Crippen molar-refractivity contribution in [3.05, 3.63) is 41.7 Å². The molecule has 1 amide bonds. The van der Waals surface area contributed by atoms with E-state index in [1.54, 1.807) is 12.4 Å². The fourth-order valence-corrected chi connectivity index (χ4v) is 2.19. The summed E-state index contributed by atoms with van der Waals surface area (Å²) < 4.78 is 0. The molecule has 3 N–H and O–H groups in total. The van der Waals surface area contributed by atoms with Crippen molar-refractivity contribution in [1.82, 2.24) is 30.2 Å². The molecule has 0 fully saturated rings. The zero-order chi connectivity index (χ0) is 16.1. The minimum absolute atomic E-state index is 0.0673. The number of nitrogens with zero attached hydrogens (tertiary/aromatic N) is 4. The van der Waals surface area contributed by atoms with Crippen LogP contribution in [0.15, 0.2) is 30.9 Å². The number of H-pyrrole nitrogens is 1. The number of fused-ring (bicyclic) bond motifs is 1. The molecule has 23 heavy (non-hydrogen) atoms. The van der Waals surface area contributed by atoms with Gasteiger partial charge in [-0.15, -0.1) is 0 Å². The molecule has 0 aliphatic rings. The minimum Gasteiger partial charge on any atom is -0.368 e. The molecular formula is C14H14ClN7O. The van der Waals surface area contributed by atoms with Gasteiger partial charge >= 0.3 is 0 Å². The van der Waals surface area contributed by atoms with Crippen molar-refractivity contribution in [3.8, 4) is 0 Å². The number of halogens is 1. The molecule has 0 saturated carbocycles. The maximum Gasteiger partial charge on any atom is 0.226 e. The van der Waals surface area contributed by atoms with Crippen LogP contribution < -0.4 is 10.6 Å². The van der Waals surface area contributed by atoms with Crippen molar-refractivity contribution in [2.75, 3.05) is 11.9 Å². The monoisotopic (exact) mass is 331 g/mol. The zero-order valence-electron chi connectivity index (χ0n) is 12.1. The van der Waals surface area contributed by atoms with E-state index in [1.165, 1.54) is 6.33 Å². The van der Waals surface area contributed by atoms with E-state index in [0.29, 0.717) is 36.5 Å². The highest BCUT2D eigenvalue weighted by Gasteiger charge is 2.09. The van der Waals surface area contributed by atoms with E-state index in [9.17, 15) is 4.79 Å². The molecule has 0 atom stereocenters. The van der Waals surface area contributed by atoms with Gasteiger partial charge in [0.05, 0.1) is 6.33 Å². The first-order valence-electron chi connectivity index (χ1n) is 6.98. The first-order chi connectivity index (χ1) is 11.2. The van der Waals surface area contributed by atoms with Crippen LogP contribution in [0.25, 0.3) is 11.2 Å². The van der Waals surface area contributed by atoms with Crippen LogP contribution in [0.4, 0.5) is 5.82 Å². The van der Waals surface area contributed by atoms with Gasteiger partial charge < -0.3 is 15.6 Å². The van der Waals surface area contributed by atoms with Gasteiger partial charge in [0.25, 0.3) is 0 Å². The SMILES string of the molecule is O=C(CCNc1nc(Cl)nc2nc[nH]c12)NCc1cccnc1. The number of aromatic nitrogens is 5. The van der Waals surface area contributed by atoms with E-state index < -0.39 is 0 Å². The summed E-state index contributed by atoms with van der Waals surface area (Å²) in [5.41, 5.74) is 2.09. The van der Waals surface area contributed by atoms with Gasteiger partial charge in [-0.3, -0.25) is 9.78 Å². The zero-order valence-corrected chi connectivity index (χ0v) is 12.8. The molecule has 0 unspecified atom stereocenters. The third-order valence-electron chi connectivity index (χ3n) is 3.12. The molecule has 0 aliphatic heterocycles. The lowest BCUT2D eigenvalue weighted by molar-refractivity contribution is -0.121. The molecule has 3 heterocycles. The Bertz CT molecular complexity index is 805. The predicted molar refractivity (Wildman–Crippen MR) is 85.9 cm³/mol. The average Bonchev–Trinajstić information content (AvgIpc) is 3.02. The summed E-state index contributed by atoms with van der Waals surface area (Å²) in [6.45, 7) is 0.872. The number of anilines is 1. The Balaban J connectivity index is 1.50. The Morgan fingerprint density at radius 3 is 3.09 bits per heavy atom. The Morgan fingerprint density at radius 1 is 1.35 bits per heavy atom. The molecule has 0 aliphatic carbocycles. The van der Waals surface area contributed by atoms with E-state index in [2.05, 4.69) is 35.6 Å². The summed E-state index contributed by atoms with van der Waals surface area (Å²) in [5, 5.41) is 6.00. The lowest BCUT2D eigenvalue weighted by atomic mass is 10.3. The second-order valence-electron chi connectivity index (χ2n) is 4.76. The third-order valence-corrected chi connectivity index (χ3v) is 3.28. The highest BCUT2D eigenvalue weighted by atomic mass is 35.5. The summed E-state index contributed by atoms with van der Waals surface area (Å²) in [4.78, 5) is 30.9. The van der Waals surface area contributed by atoms with E-state index in [1.807, 2.05) is 12.1 Å². The number of carbonyl (C=O) groups is 1. The van der Waals surface area contributed by atoms with Gasteiger partial charge in [-0.25, -0.2) is 4.98 Å². The summed E-state index contributed by atoms with van der Waals surface area (Å²) in [6.07, 6.45) is 5.23. The number of pyridine rings is 1. The molecule has 0 bridgehead atoms. The second kappa shape index (κ2) is 7.01. The third kappa shape index (κ3) is 3.92. The van der Waals surface area contributed by atoms with Gasteiger partial charge in [-0.05, 0) is 23.2 Å². The van der Waals surface area contributed by atoms with Crippen molar-refractivity contribution in [1.29, 1.82) is 0 Å². The van der Waals surface area contributed by atoms with Crippen LogP contribution in [0.1, 0.15) is 12.0 Å². The highest BCUT2D eigenvalue weighted by molar-refractivity contribution is 6.28. The quantitative estimate of drug-likeness (QED) is 0.591. The number of hydrogen-bond donors (Lipinski definition) is 3. The lowest BCUT2D eigenvalue weighted by Gasteiger charge is -2.07. The topological polar surface area (TPSA) is 108 Å². The van der Waals surface area contributed by atoms with Crippen LogP contribution in [-0.2, 0) is 11.3 Å².